The van der Waals surface area contributed by atoms with E-state index in [0.29, 0.717) is 18.8 Å². The van der Waals surface area contributed by atoms with E-state index < -0.39 is 5.60 Å². The zero-order valence-electron chi connectivity index (χ0n) is 8.51. The second-order valence-electron chi connectivity index (χ2n) is 4.56. The van der Waals surface area contributed by atoms with Crippen molar-refractivity contribution < 1.29 is 5.11 Å². The van der Waals surface area contributed by atoms with Gasteiger partial charge >= 0.3 is 0 Å². The molecule has 0 aromatic carbocycles. The number of hydrogen-bond donors (Lipinski definition) is 2. The van der Waals surface area contributed by atoms with Crippen LogP contribution in [0, 0.1) is 16.7 Å². The summed E-state index contributed by atoms with van der Waals surface area (Å²) >= 11 is 0. The third kappa shape index (κ3) is 1.83. The van der Waals surface area contributed by atoms with Gasteiger partial charge in [-0.3, -0.25) is 0 Å². The molecule has 0 saturated heterocycles. The summed E-state index contributed by atoms with van der Waals surface area (Å²) < 4.78 is 0. The minimum atomic E-state index is -0.859. The van der Waals surface area contributed by atoms with Crippen LogP contribution in [-0.4, -0.2) is 16.9 Å². The Morgan fingerprint density at radius 1 is 1.54 bits per heavy atom. The lowest BCUT2D eigenvalue weighted by Gasteiger charge is -2.43. The van der Waals surface area contributed by atoms with Gasteiger partial charge in [0.25, 0.3) is 0 Å². The van der Waals surface area contributed by atoms with Gasteiger partial charge in [-0.05, 0) is 30.6 Å². The molecule has 1 fully saturated rings. The van der Waals surface area contributed by atoms with Gasteiger partial charge in [0.15, 0.2) is 0 Å². The van der Waals surface area contributed by atoms with Crippen LogP contribution < -0.4 is 0 Å². The Kier molecular flexibility index (Phi) is 2.62. The first-order valence-electron chi connectivity index (χ1n) is 4.83. The molecule has 1 aliphatic carbocycles. The highest BCUT2D eigenvalue weighted by Crippen LogP contribution is 2.44. The molecule has 1 saturated carbocycles. The Morgan fingerprint density at radius 3 is 2.54 bits per heavy atom. The Balaban J connectivity index is 2.77. The second-order valence-corrected chi connectivity index (χ2v) is 4.56. The summed E-state index contributed by atoms with van der Waals surface area (Å²) in [4.78, 5) is 0. The average Bonchev–Trinajstić information content (AvgIpc) is 2.13. The van der Waals surface area contributed by atoms with Crippen molar-refractivity contribution >= 4 is 6.21 Å². The normalized spacial score (nSPS) is 45.6. The average molecular weight is 181 g/mol. The molecule has 0 bridgehead atoms. The highest BCUT2D eigenvalue weighted by Gasteiger charge is 2.41. The van der Waals surface area contributed by atoms with Crippen molar-refractivity contribution in [3.05, 3.63) is 12.7 Å². The zero-order chi connectivity index (χ0) is 10.1. The monoisotopic (exact) mass is 181 g/mol. The standard InChI is InChI=1S/C11H19NO/c1-4-10(3)5-6-11(13,8-12)7-9(10)2/h4,8-9,12-13H,1,5-7H2,2-3H3/t9-,10+,11+/m0/s1. The van der Waals surface area contributed by atoms with Gasteiger partial charge in [-0.15, -0.1) is 6.58 Å². The summed E-state index contributed by atoms with van der Waals surface area (Å²) in [6.45, 7) is 8.14. The van der Waals surface area contributed by atoms with Gasteiger partial charge < -0.3 is 10.5 Å². The number of rotatable bonds is 2. The summed E-state index contributed by atoms with van der Waals surface area (Å²) in [5.41, 5.74) is -0.725. The topological polar surface area (TPSA) is 44.1 Å². The summed E-state index contributed by atoms with van der Waals surface area (Å²) in [7, 11) is 0. The first-order valence-corrected chi connectivity index (χ1v) is 4.83. The predicted octanol–water partition coefficient (Wildman–Crippen LogP) is 2.38. The molecule has 2 nitrogen and oxygen atoms in total. The molecule has 1 rings (SSSR count). The van der Waals surface area contributed by atoms with Gasteiger partial charge in [0.05, 0.1) is 5.60 Å². The van der Waals surface area contributed by atoms with Crippen LogP contribution in [0.4, 0.5) is 0 Å². The Labute approximate surface area is 80.2 Å². The van der Waals surface area contributed by atoms with Crippen LogP contribution in [0.3, 0.4) is 0 Å². The lowest BCUT2D eigenvalue weighted by atomic mass is 9.64. The van der Waals surface area contributed by atoms with E-state index in [-0.39, 0.29) is 5.41 Å². The molecule has 3 atom stereocenters. The first kappa shape index (κ1) is 10.5. The largest absolute Gasteiger partial charge is 0.384 e. The van der Waals surface area contributed by atoms with Gasteiger partial charge in [-0.2, -0.15) is 0 Å². The van der Waals surface area contributed by atoms with E-state index in [0.717, 1.165) is 6.42 Å². The summed E-state index contributed by atoms with van der Waals surface area (Å²) in [6.07, 6.45) is 5.46. The maximum atomic E-state index is 9.90. The minimum Gasteiger partial charge on any atom is -0.384 e. The first-order chi connectivity index (χ1) is 5.96. The van der Waals surface area contributed by atoms with Crippen molar-refractivity contribution in [2.45, 2.75) is 38.7 Å². The van der Waals surface area contributed by atoms with Crippen molar-refractivity contribution in [2.24, 2.45) is 11.3 Å². The molecule has 0 unspecified atom stereocenters. The SMILES string of the molecule is C=C[C@]1(C)CC[C@](O)(C=N)C[C@@H]1C. The van der Waals surface area contributed by atoms with Crippen molar-refractivity contribution in [1.29, 1.82) is 5.41 Å². The highest BCUT2D eigenvalue weighted by molar-refractivity contribution is 5.65. The number of aliphatic hydroxyl groups is 1. The highest BCUT2D eigenvalue weighted by atomic mass is 16.3. The molecular weight excluding hydrogens is 162 g/mol. The minimum absolute atomic E-state index is 0.134. The Morgan fingerprint density at radius 2 is 2.15 bits per heavy atom. The molecular formula is C11H19NO. The fourth-order valence-electron chi connectivity index (χ4n) is 2.03. The molecule has 2 N–H and O–H groups in total. The van der Waals surface area contributed by atoms with Crippen LogP contribution in [-0.2, 0) is 0 Å². The number of hydrogen-bond acceptors (Lipinski definition) is 2. The van der Waals surface area contributed by atoms with E-state index in [1.807, 2.05) is 6.08 Å². The van der Waals surface area contributed by atoms with E-state index in [1.165, 1.54) is 6.21 Å². The van der Waals surface area contributed by atoms with Crippen LogP contribution in [0.15, 0.2) is 12.7 Å². The second kappa shape index (κ2) is 3.26. The smallest absolute Gasteiger partial charge is 0.0993 e. The van der Waals surface area contributed by atoms with Crippen LogP contribution >= 0.6 is 0 Å². The van der Waals surface area contributed by atoms with Crippen LogP contribution in [0.5, 0.6) is 0 Å². The molecule has 0 amide bonds. The predicted molar refractivity (Wildman–Crippen MR) is 55.1 cm³/mol. The third-order valence-corrected chi connectivity index (χ3v) is 3.62. The molecule has 74 valence electrons. The molecule has 0 spiro atoms. The van der Waals surface area contributed by atoms with E-state index in [1.54, 1.807) is 0 Å². The van der Waals surface area contributed by atoms with Crippen LogP contribution in [0.1, 0.15) is 33.1 Å². The maximum absolute atomic E-state index is 9.90. The quantitative estimate of drug-likeness (QED) is 0.498. The lowest BCUT2D eigenvalue weighted by Crippen LogP contribution is -2.43. The van der Waals surface area contributed by atoms with E-state index in [9.17, 15) is 5.11 Å². The molecule has 1 aliphatic rings. The molecule has 0 aromatic heterocycles. The summed E-state index contributed by atoms with van der Waals surface area (Å²) in [5.74, 6) is 0.394. The summed E-state index contributed by atoms with van der Waals surface area (Å²) in [5, 5.41) is 17.1. The van der Waals surface area contributed by atoms with Crippen molar-refractivity contribution in [2.75, 3.05) is 0 Å². The molecule has 0 aliphatic heterocycles. The zero-order valence-corrected chi connectivity index (χ0v) is 8.51. The van der Waals surface area contributed by atoms with Gasteiger partial charge in [-0.1, -0.05) is 19.9 Å². The van der Waals surface area contributed by atoms with E-state index in [2.05, 4.69) is 20.4 Å². The van der Waals surface area contributed by atoms with Crippen molar-refractivity contribution in [1.82, 2.24) is 0 Å². The molecule has 0 heterocycles. The van der Waals surface area contributed by atoms with Gasteiger partial charge in [-0.25, -0.2) is 0 Å². The maximum Gasteiger partial charge on any atom is 0.0993 e. The van der Waals surface area contributed by atoms with Gasteiger partial charge in [0, 0.05) is 6.21 Å². The van der Waals surface area contributed by atoms with Crippen molar-refractivity contribution in [3.63, 3.8) is 0 Å². The third-order valence-electron chi connectivity index (χ3n) is 3.62. The van der Waals surface area contributed by atoms with Crippen LogP contribution in [0.25, 0.3) is 0 Å². The molecule has 2 heteroatoms. The van der Waals surface area contributed by atoms with E-state index in [4.69, 9.17) is 5.41 Å². The summed E-state index contributed by atoms with van der Waals surface area (Å²) in [6, 6.07) is 0. The van der Waals surface area contributed by atoms with Gasteiger partial charge in [0.2, 0.25) is 0 Å². The lowest BCUT2D eigenvalue weighted by molar-refractivity contribution is 0.0102. The van der Waals surface area contributed by atoms with E-state index >= 15 is 0 Å². The van der Waals surface area contributed by atoms with Crippen molar-refractivity contribution in [3.8, 4) is 0 Å². The Hall–Kier alpha value is -0.630. The molecule has 13 heavy (non-hydrogen) atoms. The fraction of sp³-hybridized carbons (Fsp3) is 0.727. The van der Waals surface area contributed by atoms with Gasteiger partial charge in [0.1, 0.15) is 0 Å². The Bertz CT molecular complexity index is 226. The number of allylic oxidation sites excluding steroid dienone is 1. The molecule has 0 radical (unpaired) electrons. The molecule has 0 aromatic rings. The fourth-order valence-corrected chi connectivity index (χ4v) is 2.03. The number of nitrogens with one attached hydrogen (secondary N) is 1. The van der Waals surface area contributed by atoms with Crippen LogP contribution in [0.2, 0.25) is 0 Å².